The van der Waals surface area contributed by atoms with Crippen LogP contribution >= 0.6 is 0 Å². The first-order valence-corrected chi connectivity index (χ1v) is 7.84. The van der Waals surface area contributed by atoms with E-state index in [9.17, 15) is 51.6 Å². The van der Waals surface area contributed by atoms with Crippen molar-refractivity contribution in [3.8, 4) is 0 Å². The maximum atomic E-state index is 11.2. The Morgan fingerprint density at radius 1 is 0.682 bits per heavy atom. The second-order valence-electron chi connectivity index (χ2n) is 2.10. The molecule has 19 heteroatoms. The lowest BCUT2D eigenvalue weighted by Gasteiger charge is -2.01. The molecule has 0 saturated heterocycles. The summed E-state index contributed by atoms with van der Waals surface area (Å²) in [5, 5.41) is 0. The van der Waals surface area contributed by atoms with Crippen LogP contribution in [0.25, 0.3) is 0 Å². The molecule has 0 unspecified atom stereocenters. The number of hydrogen-bond acceptors (Lipinski definition) is 9. The molecule has 0 saturated carbocycles. The predicted molar refractivity (Wildman–Crippen MR) is 58.3 cm³/mol. The summed E-state index contributed by atoms with van der Waals surface area (Å²) in [4.78, 5) is 8.00. The molecule has 136 valence electrons. The van der Waals surface area contributed by atoms with Crippen LogP contribution in [0.5, 0.6) is 0 Å². The van der Waals surface area contributed by atoms with Crippen LogP contribution in [-0.4, -0.2) is 43.1 Å². The number of thiol groups is 2. The van der Waals surface area contributed by atoms with E-state index in [1.54, 1.807) is 0 Å². The van der Waals surface area contributed by atoms with Crippen molar-refractivity contribution in [1.29, 1.82) is 0 Å². The van der Waals surface area contributed by atoms with Gasteiger partial charge in [-0.1, -0.05) is 0 Å². The number of carbonyl (C=O) groups excluding carboxylic acids is 1. The van der Waals surface area contributed by atoms with Crippen molar-refractivity contribution >= 4 is 50.9 Å². The van der Waals surface area contributed by atoms with Crippen molar-refractivity contribution in [2.45, 2.75) is 11.0 Å². The molecular weight excluding hydrogens is 422 g/mol. The van der Waals surface area contributed by atoms with Crippen LogP contribution in [0.4, 0.5) is 26.3 Å². The van der Waals surface area contributed by atoms with Gasteiger partial charge in [-0.15, -0.1) is 0 Å². The van der Waals surface area contributed by atoms with Gasteiger partial charge in [0.15, 0.2) is 23.9 Å². The Labute approximate surface area is 126 Å². The van der Waals surface area contributed by atoms with Gasteiger partial charge in [0.1, 0.15) is 6.79 Å². The molecule has 0 aliphatic rings. The second kappa shape index (κ2) is 10.2. The fraction of sp³-hybridized carbons (Fsp3) is 0.667. The number of alkyl halides is 6. The van der Waals surface area contributed by atoms with E-state index >= 15 is 0 Å². The Kier molecular flexibility index (Phi) is 12.2. The molecule has 0 aliphatic heterocycles. The Balaban J connectivity index is -0.000000294. The highest BCUT2D eigenvalue weighted by atomic mass is 32.3. The highest BCUT2D eigenvalue weighted by Crippen LogP contribution is 2.24. The van der Waals surface area contributed by atoms with Gasteiger partial charge in [0, 0.05) is 0 Å². The molecule has 0 spiro atoms. The van der Waals surface area contributed by atoms with Crippen molar-refractivity contribution in [2.75, 3.05) is 0 Å². The molecule has 0 rings (SSSR count). The quantitative estimate of drug-likeness (QED) is 0.338. The van der Waals surface area contributed by atoms with E-state index in [-0.39, 0.29) is 0 Å². The molecule has 0 aromatic carbocycles. The van der Waals surface area contributed by atoms with Crippen LogP contribution < -0.4 is 0 Å². The number of carbonyl (C=O) groups is 1. The van der Waals surface area contributed by atoms with Crippen molar-refractivity contribution in [3.63, 3.8) is 0 Å². The van der Waals surface area contributed by atoms with Crippen molar-refractivity contribution in [3.05, 3.63) is 0 Å². The van der Waals surface area contributed by atoms with Gasteiger partial charge in [-0.25, -0.2) is 8.42 Å². The molecule has 0 aromatic rings. The van der Waals surface area contributed by atoms with E-state index in [0.29, 0.717) is 0 Å². The third-order valence-corrected chi connectivity index (χ3v) is 4.01. The molecule has 22 heavy (non-hydrogen) atoms. The van der Waals surface area contributed by atoms with Crippen LogP contribution in [0.15, 0.2) is 0 Å². The molecule has 0 radical (unpaired) electrons. The first-order valence-electron chi connectivity index (χ1n) is 3.56. The summed E-state index contributed by atoms with van der Waals surface area (Å²) >= 11 is -3.10. The van der Waals surface area contributed by atoms with E-state index in [0.717, 1.165) is 0 Å². The lowest BCUT2D eigenvalue weighted by Crippen LogP contribution is -2.24. The van der Waals surface area contributed by atoms with Gasteiger partial charge < -0.3 is 4.79 Å². The molecular formula is C3H4F6O9S4. The van der Waals surface area contributed by atoms with E-state index < -0.39 is 55.1 Å². The summed E-state index contributed by atoms with van der Waals surface area (Å²) in [5.41, 5.74) is -11.0. The number of halogens is 6. The zero-order valence-electron chi connectivity index (χ0n) is 9.36. The van der Waals surface area contributed by atoms with E-state index in [1.807, 2.05) is 6.79 Å². The topological polar surface area (TPSA) is 138 Å². The standard InChI is InChI=1S/2CHF3O4S2.CH2O/c2*2-1(3,4)10(6,7)8-9-5;1-2/h2*9H;1H2. The van der Waals surface area contributed by atoms with Gasteiger partial charge in [-0.05, 0) is 0 Å². The summed E-state index contributed by atoms with van der Waals surface area (Å²) in [6.07, 6.45) is 0. The highest BCUT2D eigenvalue weighted by Gasteiger charge is 2.48. The van der Waals surface area contributed by atoms with Crippen LogP contribution in [0.2, 0.25) is 0 Å². The average Bonchev–Trinajstić information content (AvgIpc) is 2.29. The summed E-state index contributed by atoms with van der Waals surface area (Å²) in [6.45, 7) is 2.00. The first kappa shape index (κ1) is 26.3. The van der Waals surface area contributed by atoms with Crippen LogP contribution in [-0.2, 0) is 56.2 Å². The highest BCUT2D eigenvalue weighted by molar-refractivity contribution is 7.93. The molecule has 0 atom stereocenters. The van der Waals surface area contributed by atoms with Gasteiger partial charge in [0.05, 0.1) is 0 Å². The number of hydrogen-bond donors (Lipinski definition) is 2. The SMILES string of the molecule is C=O.O=[SH]OS(=O)(=O)C(F)(F)F.O=[SH]OS(=O)(=O)C(F)(F)F. The first-order chi connectivity index (χ1) is 9.62. The molecule has 0 N–H and O–H groups in total. The van der Waals surface area contributed by atoms with Gasteiger partial charge >= 0.3 is 31.3 Å². The van der Waals surface area contributed by atoms with Crippen LogP contribution in [0.3, 0.4) is 0 Å². The lowest BCUT2D eigenvalue weighted by molar-refractivity contribution is -0.0980. The lowest BCUT2D eigenvalue weighted by atomic mass is 11.6. The smallest absolute Gasteiger partial charge is 0.307 e. The van der Waals surface area contributed by atoms with Crippen molar-refractivity contribution < 1.29 is 63.6 Å². The molecule has 9 nitrogen and oxygen atoms in total. The van der Waals surface area contributed by atoms with E-state index in [1.165, 1.54) is 0 Å². The maximum absolute atomic E-state index is 11.2. The zero-order valence-corrected chi connectivity index (χ0v) is 12.8. The molecule has 0 aromatic heterocycles. The average molecular weight is 426 g/mol. The summed E-state index contributed by atoms with van der Waals surface area (Å²) < 4.78 is 130. The summed E-state index contributed by atoms with van der Waals surface area (Å²) in [6, 6.07) is 0. The molecule has 0 bridgehead atoms. The van der Waals surface area contributed by atoms with Crippen molar-refractivity contribution in [1.82, 2.24) is 0 Å². The zero-order chi connectivity index (χ0) is 18.8. The minimum Gasteiger partial charge on any atom is -0.307 e. The maximum Gasteiger partial charge on any atom is 0.524 e. The van der Waals surface area contributed by atoms with Crippen molar-refractivity contribution in [2.24, 2.45) is 0 Å². The van der Waals surface area contributed by atoms with Gasteiger partial charge in [0.25, 0.3) is 0 Å². The van der Waals surface area contributed by atoms with Gasteiger partial charge in [-0.2, -0.15) is 50.4 Å². The Bertz CT molecular complexity index is 495. The Morgan fingerprint density at radius 3 is 0.909 bits per heavy atom. The minimum atomic E-state index is -5.67. The molecule has 0 heterocycles. The second-order valence-corrected chi connectivity index (χ2v) is 6.33. The largest absolute Gasteiger partial charge is 0.524 e. The summed E-state index contributed by atoms with van der Waals surface area (Å²) in [5.74, 6) is 0. The van der Waals surface area contributed by atoms with E-state index in [2.05, 4.69) is 7.26 Å². The van der Waals surface area contributed by atoms with E-state index in [4.69, 9.17) is 4.79 Å². The van der Waals surface area contributed by atoms with Gasteiger partial charge in [0.2, 0.25) is 0 Å². The minimum absolute atomic E-state index is 1.55. The summed E-state index contributed by atoms with van der Waals surface area (Å²) in [7, 11) is -11.3. The van der Waals surface area contributed by atoms with Crippen LogP contribution in [0, 0.1) is 0 Å². The van der Waals surface area contributed by atoms with Gasteiger partial charge in [-0.3, -0.25) is 0 Å². The Hall–Kier alpha value is -0.630. The molecule has 0 fully saturated rings. The third kappa shape index (κ3) is 10.2. The normalized spacial score (nSPS) is 12.5. The third-order valence-electron chi connectivity index (χ3n) is 0.824. The molecule has 0 aliphatic carbocycles. The monoisotopic (exact) mass is 426 g/mol. The van der Waals surface area contributed by atoms with Crippen LogP contribution in [0.1, 0.15) is 0 Å². The Morgan fingerprint density at radius 2 is 0.864 bits per heavy atom. The predicted octanol–water partition coefficient (Wildman–Crippen LogP) is -0.759. The fourth-order valence-corrected chi connectivity index (χ4v) is 1.48. The molecule has 0 amide bonds. The fourth-order valence-electron chi connectivity index (χ4n) is 0.165. The number of rotatable bonds is 4.